The maximum Gasteiger partial charge on any atom is 0.362 e. The summed E-state index contributed by atoms with van der Waals surface area (Å²) in [5.74, 6) is -0.668. The Morgan fingerprint density at radius 1 is 1.35 bits per heavy atom. The summed E-state index contributed by atoms with van der Waals surface area (Å²) in [6.07, 6.45) is 0. The Hall–Kier alpha value is -0.610. The highest BCUT2D eigenvalue weighted by Gasteiger charge is 2.30. The van der Waals surface area contributed by atoms with Crippen LogP contribution < -0.4 is 11.0 Å². The third-order valence-electron chi connectivity index (χ3n) is 1.96. The van der Waals surface area contributed by atoms with E-state index < -0.39 is 13.4 Å². The molecule has 0 heterocycles. The average molecular weight is 282 g/mol. The highest BCUT2D eigenvalue weighted by Crippen LogP contribution is 2.49. The van der Waals surface area contributed by atoms with Crippen LogP contribution in [0.5, 0.6) is 0 Å². The van der Waals surface area contributed by atoms with Crippen molar-refractivity contribution >= 4 is 30.2 Å². The zero-order chi connectivity index (χ0) is 13.1. The minimum atomic E-state index is -3.53. The van der Waals surface area contributed by atoms with E-state index >= 15 is 0 Å². The Morgan fingerprint density at radius 3 is 2.35 bits per heavy atom. The Kier molecular flexibility index (Phi) is 4.95. The van der Waals surface area contributed by atoms with Crippen LogP contribution in [-0.2, 0) is 13.6 Å². The van der Waals surface area contributed by atoms with E-state index in [9.17, 15) is 8.96 Å². The lowest BCUT2D eigenvalue weighted by atomic mass is 10.3. The third kappa shape index (κ3) is 3.19. The molecular weight excluding hydrogens is 268 g/mol. The van der Waals surface area contributed by atoms with Gasteiger partial charge in [0.25, 0.3) is 0 Å². The highest BCUT2D eigenvalue weighted by atomic mass is 35.5. The van der Waals surface area contributed by atoms with Crippen LogP contribution in [0.15, 0.2) is 12.1 Å². The molecule has 4 nitrogen and oxygen atoms in total. The normalized spacial score (nSPS) is 11.8. The van der Waals surface area contributed by atoms with Crippen molar-refractivity contribution in [1.29, 1.82) is 0 Å². The molecule has 2 N–H and O–H groups in total. The van der Waals surface area contributed by atoms with Gasteiger partial charge in [0.1, 0.15) is 5.82 Å². The predicted molar refractivity (Wildman–Crippen MR) is 66.3 cm³/mol. The maximum absolute atomic E-state index is 13.1. The van der Waals surface area contributed by atoms with Crippen molar-refractivity contribution in [2.75, 3.05) is 18.9 Å². The lowest BCUT2D eigenvalue weighted by Crippen LogP contribution is -2.13. The molecular formula is C10H14ClFNO3P. The van der Waals surface area contributed by atoms with E-state index in [4.69, 9.17) is 26.4 Å². The van der Waals surface area contributed by atoms with E-state index in [1.807, 2.05) is 0 Å². The number of nitrogens with two attached hydrogens (primary N) is 1. The summed E-state index contributed by atoms with van der Waals surface area (Å²) in [4.78, 5) is 0. The summed E-state index contributed by atoms with van der Waals surface area (Å²) in [5, 5.41) is 0.0590. The van der Waals surface area contributed by atoms with Crippen molar-refractivity contribution in [1.82, 2.24) is 0 Å². The van der Waals surface area contributed by atoms with Crippen LogP contribution in [0.4, 0.5) is 10.1 Å². The average Bonchev–Trinajstić information content (AvgIpc) is 2.24. The lowest BCUT2D eigenvalue weighted by Gasteiger charge is -2.18. The number of nitrogen functional groups attached to an aromatic ring is 1. The van der Waals surface area contributed by atoms with E-state index in [1.54, 1.807) is 13.8 Å². The monoisotopic (exact) mass is 281 g/mol. The molecule has 0 saturated carbocycles. The van der Waals surface area contributed by atoms with Gasteiger partial charge in [-0.05, 0) is 26.0 Å². The third-order valence-corrected chi connectivity index (χ3v) is 4.56. The highest BCUT2D eigenvalue weighted by molar-refractivity contribution is 7.62. The van der Waals surface area contributed by atoms with Crippen molar-refractivity contribution in [2.45, 2.75) is 13.8 Å². The predicted octanol–water partition coefficient (Wildman–Crippen LogP) is 2.95. The molecule has 0 aliphatic heterocycles. The summed E-state index contributed by atoms with van der Waals surface area (Å²) in [7, 11) is -3.53. The number of halogens is 2. The Labute approximate surface area is 104 Å². The van der Waals surface area contributed by atoms with Crippen molar-refractivity contribution < 1.29 is 18.0 Å². The summed E-state index contributed by atoms with van der Waals surface area (Å²) < 4.78 is 35.7. The Balaban J connectivity index is 3.28. The molecule has 0 atom stereocenters. The van der Waals surface area contributed by atoms with Gasteiger partial charge in [0.05, 0.1) is 29.2 Å². The van der Waals surface area contributed by atoms with Crippen molar-refractivity contribution in [3.8, 4) is 0 Å². The summed E-state index contributed by atoms with van der Waals surface area (Å²) in [6.45, 7) is 3.72. The van der Waals surface area contributed by atoms with E-state index in [0.717, 1.165) is 6.07 Å². The Bertz CT molecular complexity index is 445. The SMILES string of the molecule is CCOP(=O)(OCC)c1cc(N)c(F)cc1Cl. The van der Waals surface area contributed by atoms with Crippen LogP contribution in [-0.4, -0.2) is 13.2 Å². The van der Waals surface area contributed by atoms with Gasteiger partial charge in [-0.1, -0.05) is 11.6 Å². The van der Waals surface area contributed by atoms with Gasteiger partial charge < -0.3 is 14.8 Å². The molecule has 0 aliphatic carbocycles. The quantitative estimate of drug-likeness (QED) is 0.666. The van der Waals surface area contributed by atoms with Crippen molar-refractivity contribution in [2.24, 2.45) is 0 Å². The number of hydrogen-bond donors (Lipinski definition) is 1. The van der Waals surface area contributed by atoms with E-state index in [1.165, 1.54) is 6.07 Å². The molecule has 0 spiro atoms. The van der Waals surface area contributed by atoms with Crippen molar-refractivity contribution in [3.05, 3.63) is 23.0 Å². The molecule has 0 fully saturated rings. The van der Waals surface area contributed by atoms with Crippen LogP contribution in [0.3, 0.4) is 0 Å². The van der Waals surface area contributed by atoms with Crippen LogP contribution in [0, 0.1) is 5.82 Å². The molecule has 0 unspecified atom stereocenters. The zero-order valence-corrected chi connectivity index (χ0v) is 11.2. The molecule has 0 aromatic heterocycles. The number of anilines is 1. The number of hydrogen-bond acceptors (Lipinski definition) is 4. The zero-order valence-electron chi connectivity index (χ0n) is 9.57. The molecule has 0 bridgehead atoms. The summed E-state index contributed by atoms with van der Waals surface area (Å²) in [5.41, 5.74) is 5.26. The number of benzene rings is 1. The maximum atomic E-state index is 13.1. The van der Waals surface area contributed by atoms with Crippen LogP contribution in [0.25, 0.3) is 0 Å². The van der Waals surface area contributed by atoms with Gasteiger partial charge in [0.15, 0.2) is 0 Å². The molecule has 0 radical (unpaired) electrons. The first-order chi connectivity index (χ1) is 7.94. The minimum Gasteiger partial charge on any atom is -0.396 e. The second kappa shape index (κ2) is 5.83. The second-order valence-electron chi connectivity index (χ2n) is 3.16. The van der Waals surface area contributed by atoms with Gasteiger partial charge in [-0.15, -0.1) is 0 Å². The lowest BCUT2D eigenvalue weighted by molar-refractivity contribution is 0.230. The molecule has 7 heteroatoms. The molecule has 0 aliphatic rings. The fraction of sp³-hybridized carbons (Fsp3) is 0.400. The van der Waals surface area contributed by atoms with Crippen LogP contribution >= 0.6 is 19.2 Å². The second-order valence-corrected chi connectivity index (χ2v) is 5.56. The van der Waals surface area contributed by atoms with E-state index in [0.29, 0.717) is 0 Å². The van der Waals surface area contributed by atoms with Gasteiger partial charge in [0, 0.05) is 0 Å². The molecule has 0 saturated heterocycles. The van der Waals surface area contributed by atoms with Crippen LogP contribution in [0.1, 0.15) is 13.8 Å². The minimum absolute atomic E-state index is 0.0260. The van der Waals surface area contributed by atoms with Gasteiger partial charge in [-0.25, -0.2) is 4.39 Å². The van der Waals surface area contributed by atoms with E-state index in [-0.39, 0.29) is 29.2 Å². The molecule has 17 heavy (non-hydrogen) atoms. The summed E-state index contributed by atoms with van der Waals surface area (Å²) >= 11 is 5.83. The fourth-order valence-corrected chi connectivity index (χ4v) is 3.40. The standard InChI is InChI=1S/C10H14ClFNO3P/c1-3-15-17(14,16-4-2)10-6-9(13)8(12)5-7(10)11/h5-6H,3-4,13H2,1-2H3. The molecule has 0 amide bonds. The fourth-order valence-electron chi connectivity index (χ4n) is 1.28. The van der Waals surface area contributed by atoms with Gasteiger partial charge >= 0.3 is 7.60 Å². The van der Waals surface area contributed by atoms with E-state index in [2.05, 4.69) is 0 Å². The largest absolute Gasteiger partial charge is 0.396 e. The topological polar surface area (TPSA) is 61.5 Å². The molecule has 96 valence electrons. The molecule has 1 rings (SSSR count). The van der Waals surface area contributed by atoms with Gasteiger partial charge in [0.2, 0.25) is 0 Å². The van der Waals surface area contributed by atoms with Crippen LogP contribution in [0.2, 0.25) is 5.02 Å². The van der Waals surface area contributed by atoms with Gasteiger partial charge in [-0.3, -0.25) is 4.57 Å². The first-order valence-corrected chi connectivity index (χ1v) is 7.00. The summed E-state index contributed by atoms with van der Waals surface area (Å²) in [6, 6.07) is 2.18. The van der Waals surface area contributed by atoms with Crippen molar-refractivity contribution in [3.63, 3.8) is 0 Å². The first kappa shape index (κ1) is 14.5. The number of rotatable bonds is 5. The smallest absolute Gasteiger partial charge is 0.362 e. The van der Waals surface area contributed by atoms with Gasteiger partial charge in [-0.2, -0.15) is 0 Å². The molecule has 1 aromatic carbocycles. The Morgan fingerprint density at radius 2 is 1.88 bits per heavy atom. The molecule has 1 aromatic rings. The first-order valence-electron chi connectivity index (χ1n) is 5.08.